The van der Waals surface area contributed by atoms with Crippen LogP contribution >= 0.6 is 0 Å². The van der Waals surface area contributed by atoms with Gasteiger partial charge in [0.15, 0.2) is 0 Å². The molecule has 0 saturated carbocycles. The standard InChI is InChI=1S/C13H19NO2/c1-9-7-12(15-3)11(6-5-10(2)14)13(8-9)16-4/h5-8,10H,14H2,1-4H3/b6-5+. The lowest BCUT2D eigenvalue weighted by Gasteiger charge is -2.11. The summed E-state index contributed by atoms with van der Waals surface area (Å²) in [7, 11) is 3.30. The van der Waals surface area contributed by atoms with Gasteiger partial charge >= 0.3 is 0 Å². The van der Waals surface area contributed by atoms with Crippen molar-refractivity contribution in [1.82, 2.24) is 0 Å². The molecule has 1 aromatic carbocycles. The molecule has 1 atom stereocenters. The molecule has 0 radical (unpaired) electrons. The number of nitrogens with two attached hydrogens (primary N) is 1. The topological polar surface area (TPSA) is 44.5 Å². The molecule has 0 bridgehead atoms. The van der Waals surface area contributed by atoms with Gasteiger partial charge in [-0.15, -0.1) is 0 Å². The van der Waals surface area contributed by atoms with Crippen molar-refractivity contribution in [2.75, 3.05) is 14.2 Å². The maximum absolute atomic E-state index is 5.68. The third-order valence-corrected chi connectivity index (χ3v) is 2.25. The summed E-state index contributed by atoms with van der Waals surface area (Å²) in [5, 5.41) is 0. The van der Waals surface area contributed by atoms with Gasteiger partial charge in [0.1, 0.15) is 11.5 Å². The molecule has 0 saturated heterocycles. The first-order valence-corrected chi connectivity index (χ1v) is 5.25. The van der Waals surface area contributed by atoms with Crippen LogP contribution in [0.1, 0.15) is 18.1 Å². The van der Waals surface area contributed by atoms with Crippen molar-refractivity contribution in [3.05, 3.63) is 29.3 Å². The van der Waals surface area contributed by atoms with Crippen LogP contribution in [0, 0.1) is 6.92 Å². The molecule has 1 aromatic rings. The second-order valence-corrected chi connectivity index (χ2v) is 3.80. The first-order chi connectivity index (χ1) is 7.58. The fraction of sp³-hybridized carbons (Fsp3) is 0.385. The highest BCUT2D eigenvalue weighted by molar-refractivity contribution is 5.65. The Balaban J connectivity index is 3.22. The van der Waals surface area contributed by atoms with E-state index in [9.17, 15) is 0 Å². The van der Waals surface area contributed by atoms with Gasteiger partial charge < -0.3 is 15.2 Å². The zero-order valence-corrected chi connectivity index (χ0v) is 10.3. The lowest BCUT2D eigenvalue weighted by Crippen LogP contribution is -2.10. The molecule has 0 heterocycles. The Hall–Kier alpha value is -1.48. The van der Waals surface area contributed by atoms with Crippen LogP contribution in [0.5, 0.6) is 11.5 Å². The van der Waals surface area contributed by atoms with Gasteiger partial charge in [-0.2, -0.15) is 0 Å². The first-order valence-electron chi connectivity index (χ1n) is 5.25. The summed E-state index contributed by atoms with van der Waals surface area (Å²) >= 11 is 0. The summed E-state index contributed by atoms with van der Waals surface area (Å²) in [6.45, 7) is 3.92. The van der Waals surface area contributed by atoms with E-state index >= 15 is 0 Å². The van der Waals surface area contributed by atoms with Gasteiger partial charge in [-0.1, -0.05) is 6.08 Å². The van der Waals surface area contributed by atoms with Crippen LogP contribution in [0.15, 0.2) is 18.2 Å². The fourth-order valence-electron chi connectivity index (χ4n) is 1.48. The molecular weight excluding hydrogens is 202 g/mol. The molecule has 0 spiro atoms. The average molecular weight is 221 g/mol. The normalized spacial score (nSPS) is 12.8. The Labute approximate surface area is 96.9 Å². The lowest BCUT2D eigenvalue weighted by molar-refractivity contribution is 0.392. The second-order valence-electron chi connectivity index (χ2n) is 3.80. The number of rotatable bonds is 4. The first kappa shape index (κ1) is 12.6. The Morgan fingerprint density at radius 3 is 2.06 bits per heavy atom. The number of ether oxygens (including phenoxy) is 2. The molecule has 0 aliphatic heterocycles. The predicted molar refractivity (Wildman–Crippen MR) is 67.0 cm³/mol. The van der Waals surface area contributed by atoms with E-state index in [4.69, 9.17) is 15.2 Å². The molecule has 0 fully saturated rings. The van der Waals surface area contributed by atoms with Crippen molar-refractivity contribution in [2.45, 2.75) is 19.9 Å². The molecule has 1 rings (SSSR count). The Kier molecular flexibility index (Phi) is 4.38. The zero-order chi connectivity index (χ0) is 12.1. The maximum Gasteiger partial charge on any atom is 0.130 e. The third kappa shape index (κ3) is 3.00. The van der Waals surface area contributed by atoms with Gasteiger partial charge in [0, 0.05) is 6.04 Å². The molecule has 0 aromatic heterocycles. The van der Waals surface area contributed by atoms with Crippen molar-refractivity contribution in [1.29, 1.82) is 0 Å². The van der Waals surface area contributed by atoms with E-state index in [-0.39, 0.29) is 6.04 Å². The monoisotopic (exact) mass is 221 g/mol. The fourth-order valence-corrected chi connectivity index (χ4v) is 1.48. The highest BCUT2D eigenvalue weighted by atomic mass is 16.5. The van der Waals surface area contributed by atoms with Gasteiger partial charge in [0.05, 0.1) is 19.8 Å². The highest BCUT2D eigenvalue weighted by Gasteiger charge is 2.08. The molecule has 0 aliphatic carbocycles. The summed E-state index contributed by atoms with van der Waals surface area (Å²) in [4.78, 5) is 0. The minimum Gasteiger partial charge on any atom is -0.496 e. The quantitative estimate of drug-likeness (QED) is 0.849. The van der Waals surface area contributed by atoms with Crippen molar-refractivity contribution in [3.63, 3.8) is 0 Å². The second kappa shape index (κ2) is 5.56. The number of methoxy groups -OCH3 is 2. The van der Waals surface area contributed by atoms with Gasteiger partial charge in [0.25, 0.3) is 0 Å². The molecule has 1 unspecified atom stereocenters. The Bertz CT molecular complexity index is 359. The molecule has 3 heteroatoms. The minimum absolute atomic E-state index is 0.00992. The highest BCUT2D eigenvalue weighted by Crippen LogP contribution is 2.31. The van der Waals surface area contributed by atoms with E-state index in [0.717, 1.165) is 22.6 Å². The minimum atomic E-state index is 0.00992. The molecule has 16 heavy (non-hydrogen) atoms. The van der Waals surface area contributed by atoms with Crippen molar-refractivity contribution >= 4 is 6.08 Å². The largest absolute Gasteiger partial charge is 0.496 e. The van der Waals surface area contributed by atoms with Gasteiger partial charge in [-0.3, -0.25) is 0 Å². The summed E-state index contributed by atoms with van der Waals surface area (Å²) < 4.78 is 10.7. The summed E-state index contributed by atoms with van der Waals surface area (Å²) in [6.07, 6.45) is 3.84. The van der Waals surface area contributed by atoms with Crippen LogP contribution < -0.4 is 15.2 Å². The smallest absolute Gasteiger partial charge is 0.130 e. The van der Waals surface area contributed by atoms with E-state index in [1.807, 2.05) is 38.1 Å². The maximum atomic E-state index is 5.68. The van der Waals surface area contributed by atoms with E-state index in [1.54, 1.807) is 14.2 Å². The van der Waals surface area contributed by atoms with Crippen LogP contribution in [-0.4, -0.2) is 20.3 Å². The third-order valence-electron chi connectivity index (χ3n) is 2.25. The van der Waals surface area contributed by atoms with Gasteiger partial charge in [-0.25, -0.2) is 0 Å². The van der Waals surface area contributed by atoms with E-state index in [0.29, 0.717) is 0 Å². The zero-order valence-electron chi connectivity index (χ0n) is 10.3. The molecular formula is C13H19NO2. The van der Waals surface area contributed by atoms with Crippen molar-refractivity contribution < 1.29 is 9.47 Å². The van der Waals surface area contributed by atoms with Crippen LogP contribution in [0.4, 0.5) is 0 Å². The van der Waals surface area contributed by atoms with Crippen molar-refractivity contribution in [2.24, 2.45) is 5.73 Å². The van der Waals surface area contributed by atoms with Crippen LogP contribution in [0.25, 0.3) is 6.08 Å². The summed E-state index contributed by atoms with van der Waals surface area (Å²) in [5.41, 5.74) is 7.71. The SMILES string of the molecule is COc1cc(C)cc(OC)c1/C=C/C(C)N. The molecule has 0 aliphatic rings. The van der Waals surface area contributed by atoms with Gasteiger partial charge in [0.2, 0.25) is 0 Å². The molecule has 88 valence electrons. The number of aryl methyl sites for hydroxylation is 1. The molecule has 0 amide bonds. The molecule has 3 nitrogen and oxygen atoms in total. The average Bonchev–Trinajstić information content (AvgIpc) is 2.25. The Morgan fingerprint density at radius 1 is 1.19 bits per heavy atom. The number of hydrogen-bond donors (Lipinski definition) is 1. The predicted octanol–water partition coefficient (Wildman–Crippen LogP) is 2.37. The van der Waals surface area contributed by atoms with Crippen LogP contribution in [0.2, 0.25) is 0 Å². The Morgan fingerprint density at radius 2 is 1.69 bits per heavy atom. The van der Waals surface area contributed by atoms with E-state index in [2.05, 4.69) is 0 Å². The number of benzene rings is 1. The summed E-state index contributed by atoms with van der Waals surface area (Å²) in [6, 6.07) is 3.96. The molecule has 2 N–H and O–H groups in total. The van der Waals surface area contributed by atoms with E-state index in [1.165, 1.54) is 0 Å². The van der Waals surface area contributed by atoms with Gasteiger partial charge in [-0.05, 0) is 37.6 Å². The lowest BCUT2D eigenvalue weighted by atomic mass is 10.1. The van der Waals surface area contributed by atoms with Crippen LogP contribution in [-0.2, 0) is 0 Å². The van der Waals surface area contributed by atoms with Crippen LogP contribution in [0.3, 0.4) is 0 Å². The van der Waals surface area contributed by atoms with Crippen molar-refractivity contribution in [3.8, 4) is 11.5 Å². The number of hydrogen-bond acceptors (Lipinski definition) is 3. The van der Waals surface area contributed by atoms with E-state index < -0.39 is 0 Å². The summed E-state index contributed by atoms with van der Waals surface area (Å²) in [5.74, 6) is 1.60.